The van der Waals surface area contributed by atoms with Gasteiger partial charge in [0.05, 0.1) is 0 Å². The quantitative estimate of drug-likeness (QED) is 0.621. The van der Waals surface area contributed by atoms with Crippen LogP contribution in [0.1, 0.15) is 12.8 Å². The number of nitrogens with zero attached hydrogens (tertiary/aromatic N) is 1. The van der Waals surface area contributed by atoms with Crippen molar-refractivity contribution in [2.24, 2.45) is 17.8 Å². The van der Waals surface area contributed by atoms with E-state index in [-0.39, 0.29) is 0 Å². The molecule has 0 spiro atoms. The minimum Gasteiger partial charge on any atom is -0.396 e. The third-order valence-corrected chi connectivity index (χ3v) is 5.08. The van der Waals surface area contributed by atoms with Gasteiger partial charge < -0.3 is 15.7 Å². The van der Waals surface area contributed by atoms with E-state index < -0.39 is 0 Å². The minimum absolute atomic E-state index is 0.366. The van der Waals surface area contributed by atoms with Crippen LogP contribution >= 0.6 is 0 Å². The molecule has 0 unspecified atom stereocenters. The van der Waals surface area contributed by atoms with Crippen LogP contribution in [-0.4, -0.2) is 61.9 Å². The zero-order valence-corrected chi connectivity index (χ0v) is 10.6. The maximum atomic E-state index is 9.40. The number of hydrogen-bond acceptors (Lipinski definition) is 4. The molecule has 98 valence electrons. The van der Waals surface area contributed by atoms with Crippen molar-refractivity contribution in [1.29, 1.82) is 0 Å². The van der Waals surface area contributed by atoms with Gasteiger partial charge in [-0.3, -0.25) is 4.90 Å². The molecule has 3 aliphatic heterocycles. The summed E-state index contributed by atoms with van der Waals surface area (Å²) >= 11 is 0. The van der Waals surface area contributed by atoms with Crippen LogP contribution in [0.2, 0.25) is 0 Å². The van der Waals surface area contributed by atoms with E-state index in [1.54, 1.807) is 0 Å². The second-order valence-electron chi connectivity index (χ2n) is 5.95. The number of aliphatic hydroxyl groups excluding tert-OH is 1. The van der Waals surface area contributed by atoms with E-state index in [0.29, 0.717) is 12.5 Å². The van der Waals surface area contributed by atoms with Crippen molar-refractivity contribution in [2.75, 3.05) is 45.9 Å². The molecule has 3 saturated heterocycles. The fraction of sp³-hybridized carbons (Fsp3) is 1.00. The molecule has 4 nitrogen and oxygen atoms in total. The first kappa shape index (κ1) is 11.9. The summed E-state index contributed by atoms with van der Waals surface area (Å²) in [7, 11) is 0. The normalized spacial score (nSPS) is 37.2. The Balaban J connectivity index is 1.50. The molecule has 0 radical (unpaired) electrons. The summed E-state index contributed by atoms with van der Waals surface area (Å²) in [6.45, 7) is 7.43. The Kier molecular flexibility index (Phi) is 3.66. The summed E-state index contributed by atoms with van der Waals surface area (Å²) in [5.74, 6) is 2.07. The van der Waals surface area contributed by atoms with Crippen LogP contribution in [0.25, 0.3) is 0 Å². The molecule has 3 heterocycles. The first-order chi connectivity index (χ1) is 8.38. The summed E-state index contributed by atoms with van der Waals surface area (Å²) in [6.07, 6.45) is 2.67. The highest BCUT2D eigenvalue weighted by molar-refractivity contribution is 4.91. The maximum absolute atomic E-state index is 9.40. The average Bonchev–Trinajstić information content (AvgIpc) is 2.76. The first-order valence-corrected chi connectivity index (χ1v) is 7.15. The van der Waals surface area contributed by atoms with Gasteiger partial charge in [0, 0.05) is 32.3 Å². The van der Waals surface area contributed by atoms with Crippen LogP contribution in [0, 0.1) is 17.8 Å². The third kappa shape index (κ3) is 2.36. The number of piperidine rings is 1. The third-order valence-electron chi connectivity index (χ3n) is 5.08. The van der Waals surface area contributed by atoms with Gasteiger partial charge in [0.15, 0.2) is 0 Å². The lowest BCUT2D eigenvalue weighted by Crippen LogP contribution is -2.59. The highest BCUT2D eigenvalue weighted by Crippen LogP contribution is 2.33. The van der Waals surface area contributed by atoms with Crippen LogP contribution in [-0.2, 0) is 0 Å². The Bertz CT molecular complexity index is 249. The SMILES string of the molecule is OC[C@@H]1CNC[C@H]1C1CCN(C2CNC2)CC1. The van der Waals surface area contributed by atoms with Crippen molar-refractivity contribution in [2.45, 2.75) is 18.9 Å². The molecule has 0 amide bonds. The van der Waals surface area contributed by atoms with Crippen molar-refractivity contribution in [3.63, 3.8) is 0 Å². The van der Waals surface area contributed by atoms with Gasteiger partial charge >= 0.3 is 0 Å². The molecule has 0 aromatic carbocycles. The molecule has 3 aliphatic rings. The summed E-state index contributed by atoms with van der Waals surface area (Å²) < 4.78 is 0. The number of rotatable bonds is 3. The Labute approximate surface area is 104 Å². The van der Waals surface area contributed by atoms with Crippen LogP contribution in [0.5, 0.6) is 0 Å². The zero-order chi connectivity index (χ0) is 11.7. The van der Waals surface area contributed by atoms with Gasteiger partial charge in [0.1, 0.15) is 0 Å². The molecule has 0 aromatic rings. The van der Waals surface area contributed by atoms with E-state index >= 15 is 0 Å². The van der Waals surface area contributed by atoms with Gasteiger partial charge in [0.25, 0.3) is 0 Å². The fourth-order valence-corrected chi connectivity index (χ4v) is 3.75. The highest BCUT2D eigenvalue weighted by atomic mass is 16.3. The molecule has 3 N–H and O–H groups in total. The molecule has 0 aliphatic carbocycles. The van der Waals surface area contributed by atoms with Gasteiger partial charge in [-0.05, 0) is 50.2 Å². The van der Waals surface area contributed by atoms with E-state index in [9.17, 15) is 5.11 Å². The number of nitrogens with one attached hydrogen (secondary N) is 2. The minimum atomic E-state index is 0.366. The number of aliphatic hydroxyl groups is 1. The molecule has 0 bridgehead atoms. The lowest BCUT2D eigenvalue weighted by molar-refractivity contribution is 0.0682. The van der Waals surface area contributed by atoms with E-state index in [2.05, 4.69) is 15.5 Å². The zero-order valence-electron chi connectivity index (χ0n) is 10.6. The van der Waals surface area contributed by atoms with Gasteiger partial charge in [0.2, 0.25) is 0 Å². The summed E-state index contributed by atoms with van der Waals surface area (Å²) in [4.78, 5) is 2.66. The van der Waals surface area contributed by atoms with Crippen LogP contribution in [0.4, 0.5) is 0 Å². The van der Waals surface area contributed by atoms with Crippen LogP contribution in [0.3, 0.4) is 0 Å². The van der Waals surface area contributed by atoms with Crippen molar-refractivity contribution in [3.05, 3.63) is 0 Å². The first-order valence-electron chi connectivity index (χ1n) is 7.15. The monoisotopic (exact) mass is 239 g/mol. The van der Waals surface area contributed by atoms with Crippen molar-refractivity contribution < 1.29 is 5.11 Å². The summed E-state index contributed by atoms with van der Waals surface area (Å²) in [6, 6.07) is 0.811. The standard InChI is InChI=1S/C13H25N3O/c17-9-11-5-14-8-13(11)10-1-3-16(4-2-10)12-6-15-7-12/h10-15,17H,1-9H2/t11-,13-/m0/s1. The lowest BCUT2D eigenvalue weighted by atomic mass is 9.78. The largest absolute Gasteiger partial charge is 0.396 e. The van der Waals surface area contributed by atoms with Gasteiger partial charge in [-0.25, -0.2) is 0 Å². The van der Waals surface area contributed by atoms with Crippen LogP contribution in [0.15, 0.2) is 0 Å². The highest BCUT2D eigenvalue weighted by Gasteiger charge is 2.36. The Morgan fingerprint density at radius 1 is 1.00 bits per heavy atom. The van der Waals surface area contributed by atoms with Crippen molar-refractivity contribution in [1.82, 2.24) is 15.5 Å². The van der Waals surface area contributed by atoms with E-state index in [4.69, 9.17) is 0 Å². The predicted molar refractivity (Wildman–Crippen MR) is 67.9 cm³/mol. The second kappa shape index (κ2) is 5.22. The number of likely N-dealkylation sites (tertiary alicyclic amines) is 1. The lowest BCUT2D eigenvalue weighted by Gasteiger charge is -2.43. The molecular formula is C13H25N3O. The predicted octanol–water partition coefficient (Wildman–Crippen LogP) is -0.502. The molecule has 3 fully saturated rings. The number of hydrogen-bond donors (Lipinski definition) is 3. The van der Waals surface area contributed by atoms with Crippen molar-refractivity contribution >= 4 is 0 Å². The van der Waals surface area contributed by atoms with Gasteiger partial charge in [-0.1, -0.05) is 0 Å². The molecule has 4 heteroatoms. The fourth-order valence-electron chi connectivity index (χ4n) is 3.75. The Morgan fingerprint density at radius 2 is 1.71 bits per heavy atom. The van der Waals surface area contributed by atoms with E-state index in [1.165, 1.54) is 39.0 Å². The van der Waals surface area contributed by atoms with Gasteiger partial charge in [-0.2, -0.15) is 0 Å². The van der Waals surface area contributed by atoms with Crippen molar-refractivity contribution in [3.8, 4) is 0 Å². The molecule has 3 rings (SSSR count). The van der Waals surface area contributed by atoms with Crippen LogP contribution < -0.4 is 10.6 Å². The van der Waals surface area contributed by atoms with Gasteiger partial charge in [-0.15, -0.1) is 0 Å². The Morgan fingerprint density at radius 3 is 2.29 bits per heavy atom. The molecule has 2 atom stereocenters. The Hall–Kier alpha value is -0.160. The molecular weight excluding hydrogens is 214 g/mol. The summed E-state index contributed by atoms with van der Waals surface area (Å²) in [5, 5.41) is 16.2. The average molecular weight is 239 g/mol. The molecule has 17 heavy (non-hydrogen) atoms. The van der Waals surface area contributed by atoms with E-state index in [0.717, 1.165) is 31.0 Å². The second-order valence-corrected chi connectivity index (χ2v) is 5.95. The summed E-state index contributed by atoms with van der Waals surface area (Å²) in [5.41, 5.74) is 0. The smallest absolute Gasteiger partial charge is 0.0474 e. The molecule has 0 aromatic heterocycles. The molecule has 0 saturated carbocycles. The maximum Gasteiger partial charge on any atom is 0.0474 e. The topological polar surface area (TPSA) is 47.5 Å². The van der Waals surface area contributed by atoms with E-state index in [1.807, 2.05) is 0 Å².